The zero-order valence-corrected chi connectivity index (χ0v) is 12.4. The number of nitrogens with one attached hydrogen (secondary N) is 1. The fourth-order valence-corrected chi connectivity index (χ4v) is 3.88. The van der Waals surface area contributed by atoms with Crippen molar-refractivity contribution in [3.05, 3.63) is 33.8 Å². The normalized spacial score (nSPS) is 22.1. The van der Waals surface area contributed by atoms with Gasteiger partial charge >= 0.3 is 0 Å². The van der Waals surface area contributed by atoms with Crippen molar-refractivity contribution >= 4 is 38.8 Å². The van der Waals surface area contributed by atoms with Crippen LogP contribution in [0.5, 0.6) is 0 Å². The lowest BCUT2D eigenvalue weighted by Crippen LogP contribution is -2.46. The molecule has 0 bridgehead atoms. The van der Waals surface area contributed by atoms with Crippen molar-refractivity contribution in [3.8, 4) is 0 Å². The summed E-state index contributed by atoms with van der Waals surface area (Å²) in [7, 11) is -3.05. The van der Waals surface area contributed by atoms with Gasteiger partial charge in [0.2, 0.25) is 0 Å². The Balaban J connectivity index is 2.11. The van der Waals surface area contributed by atoms with Crippen LogP contribution in [0, 0.1) is 0 Å². The minimum atomic E-state index is -3.05. The van der Waals surface area contributed by atoms with Crippen LogP contribution in [-0.4, -0.2) is 38.3 Å². The number of rotatable bonds is 3. The Kier molecular flexibility index (Phi) is 4.50. The van der Waals surface area contributed by atoms with Crippen molar-refractivity contribution in [2.45, 2.75) is 12.5 Å². The van der Waals surface area contributed by atoms with E-state index in [9.17, 15) is 13.2 Å². The Morgan fingerprint density at radius 2 is 2.11 bits per heavy atom. The van der Waals surface area contributed by atoms with E-state index < -0.39 is 9.84 Å². The second-order valence-electron chi connectivity index (χ2n) is 4.52. The number of benzene rings is 1. The number of ketones is 1. The lowest BCUT2D eigenvalue weighted by Gasteiger charge is -2.23. The Hall–Kier alpha value is -0.620. The largest absolute Gasteiger partial charge is 0.312 e. The number of sulfone groups is 1. The SMILES string of the molecule is O=C(CC1CS(=O)(=O)CCN1)c1cc(Cl)ccc1Cl. The minimum Gasteiger partial charge on any atom is -0.312 e. The van der Waals surface area contributed by atoms with Crippen molar-refractivity contribution in [2.75, 3.05) is 18.1 Å². The van der Waals surface area contributed by atoms with Gasteiger partial charge in [0.25, 0.3) is 0 Å². The summed E-state index contributed by atoms with van der Waals surface area (Å²) in [6.45, 7) is 0.379. The molecule has 0 spiro atoms. The molecule has 0 saturated carbocycles. The third kappa shape index (κ3) is 3.92. The van der Waals surface area contributed by atoms with E-state index in [2.05, 4.69) is 5.32 Å². The molecule has 19 heavy (non-hydrogen) atoms. The van der Waals surface area contributed by atoms with Gasteiger partial charge in [-0.25, -0.2) is 8.42 Å². The summed E-state index contributed by atoms with van der Waals surface area (Å²) < 4.78 is 23.0. The highest BCUT2D eigenvalue weighted by atomic mass is 35.5. The molecule has 0 amide bonds. The first-order chi connectivity index (χ1) is 8.87. The van der Waals surface area contributed by atoms with Gasteiger partial charge in [-0.2, -0.15) is 0 Å². The van der Waals surface area contributed by atoms with E-state index in [-0.39, 0.29) is 29.8 Å². The molecule has 1 unspecified atom stereocenters. The van der Waals surface area contributed by atoms with Gasteiger partial charge in [0.15, 0.2) is 15.6 Å². The third-order valence-electron chi connectivity index (χ3n) is 2.96. The highest BCUT2D eigenvalue weighted by Crippen LogP contribution is 2.22. The summed E-state index contributed by atoms with van der Waals surface area (Å²) in [5.74, 6) is -0.103. The third-order valence-corrected chi connectivity index (χ3v) is 5.26. The van der Waals surface area contributed by atoms with Crippen molar-refractivity contribution in [2.24, 2.45) is 0 Å². The molecule has 0 aromatic heterocycles. The summed E-state index contributed by atoms with van der Waals surface area (Å²) in [6, 6.07) is 4.30. The van der Waals surface area contributed by atoms with E-state index in [1.807, 2.05) is 0 Å². The van der Waals surface area contributed by atoms with E-state index >= 15 is 0 Å². The summed E-state index contributed by atoms with van der Waals surface area (Å²) >= 11 is 11.8. The smallest absolute Gasteiger partial charge is 0.166 e. The molecular weight excluding hydrogens is 309 g/mol. The topological polar surface area (TPSA) is 63.2 Å². The molecule has 1 aromatic rings. The second kappa shape index (κ2) is 5.79. The summed E-state index contributed by atoms with van der Waals surface area (Å²) in [5, 5.41) is 3.79. The Morgan fingerprint density at radius 1 is 1.37 bits per heavy atom. The predicted octanol–water partition coefficient (Wildman–Crippen LogP) is 1.95. The molecule has 1 N–H and O–H groups in total. The maximum absolute atomic E-state index is 12.1. The van der Waals surface area contributed by atoms with Crippen LogP contribution in [-0.2, 0) is 9.84 Å². The van der Waals surface area contributed by atoms with E-state index in [1.54, 1.807) is 12.1 Å². The number of Topliss-reactive ketones (excluding diaryl/α,β-unsaturated/α-hetero) is 1. The number of hydrogen-bond acceptors (Lipinski definition) is 4. The Labute approximate surface area is 122 Å². The molecule has 2 rings (SSSR count). The van der Waals surface area contributed by atoms with Gasteiger partial charge in [-0.1, -0.05) is 23.2 Å². The molecule has 1 heterocycles. The van der Waals surface area contributed by atoms with E-state index in [1.165, 1.54) is 6.07 Å². The van der Waals surface area contributed by atoms with E-state index in [4.69, 9.17) is 23.2 Å². The monoisotopic (exact) mass is 321 g/mol. The van der Waals surface area contributed by atoms with Gasteiger partial charge in [-0.05, 0) is 18.2 Å². The molecule has 4 nitrogen and oxygen atoms in total. The molecule has 1 atom stereocenters. The van der Waals surface area contributed by atoms with Crippen molar-refractivity contribution < 1.29 is 13.2 Å². The van der Waals surface area contributed by atoms with Gasteiger partial charge in [0, 0.05) is 29.6 Å². The molecule has 0 radical (unpaired) electrons. The van der Waals surface area contributed by atoms with Crippen molar-refractivity contribution in [1.82, 2.24) is 5.32 Å². The number of hydrogen-bond donors (Lipinski definition) is 1. The van der Waals surface area contributed by atoms with Gasteiger partial charge in [0.1, 0.15) is 0 Å². The van der Waals surface area contributed by atoms with Crippen LogP contribution >= 0.6 is 23.2 Å². The quantitative estimate of drug-likeness (QED) is 0.864. The first-order valence-electron chi connectivity index (χ1n) is 5.79. The van der Waals surface area contributed by atoms with Gasteiger partial charge in [0.05, 0.1) is 16.5 Å². The molecular formula is C12H13Cl2NO3S. The highest BCUT2D eigenvalue weighted by molar-refractivity contribution is 7.91. The summed E-state index contributed by atoms with van der Waals surface area (Å²) in [6.07, 6.45) is 0.0965. The molecule has 1 aliphatic rings. The zero-order chi connectivity index (χ0) is 14.0. The van der Waals surface area contributed by atoms with Crippen molar-refractivity contribution in [3.63, 3.8) is 0 Å². The fourth-order valence-electron chi connectivity index (χ4n) is 2.04. The van der Waals surface area contributed by atoms with Crippen LogP contribution < -0.4 is 5.32 Å². The molecule has 1 fully saturated rings. The maximum atomic E-state index is 12.1. The molecule has 0 aliphatic carbocycles. The Morgan fingerprint density at radius 3 is 2.79 bits per heavy atom. The minimum absolute atomic E-state index is 0.0169. The zero-order valence-electron chi connectivity index (χ0n) is 10.0. The van der Waals surface area contributed by atoms with Crippen LogP contribution in [0.15, 0.2) is 18.2 Å². The van der Waals surface area contributed by atoms with Crippen molar-refractivity contribution in [1.29, 1.82) is 0 Å². The van der Waals surface area contributed by atoms with Crippen LogP contribution in [0.3, 0.4) is 0 Å². The standard InChI is InChI=1S/C12H13Cl2NO3S/c13-8-1-2-11(14)10(5-8)12(16)6-9-7-19(17,18)4-3-15-9/h1-2,5,9,15H,3-4,6-7H2. The van der Waals surface area contributed by atoms with Gasteiger partial charge < -0.3 is 5.32 Å². The number of carbonyl (C=O) groups excluding carboxylic acids is 1. The van der Waals surface area contributed by atoms with E-state index in [0.29, 0.717) is 22.2 Å². The Bertz CT molecular complexity index is 601. The van der Waals surface area contributed by atoms with Crippen LogP contribution in [0.4, 0.5) is 0 Å². The first-order valence-corrected chi connectivity index (χ1v) is 8.37. The van der Waals surface area contributed by atoms with Crippen LogP contribution in [0.2, 0.25) is 10.0 Å². The average Bonchev–Trinajstić information content (AvgIpc) is 2.31. The van der Waals surface area contributed by atoms with Gasteiger partial charge in [-0.15, -0.1) is 0 Å². The van der Waals surface area contributed by atoms with Crippen LogP contribution in [0.25, 0.3) is 0 Å². The lowest BCUT2D eigenvalue weighted by molar-refractivity contribution is 0.0972. The van der Waals surface area contributed by atoms with E-state index in [0.717, 1.165) is 0 Å². The molecule has 7 heteroatoms. The molecule has 1 aromatic carbocycles. The predicted molar refractivity (Wildman–Crippen MR) is 75.9 cm³/mol. The number of carbonyl (C=O) groups is 1. The maximum Gasteiger partial charge on any atom is 0.166 e. The highest BCUT2D eigenvalue weighted by Gasteiger charge is 2.26. The fraction of sp³-hybridized carbons (Fsp3) is 0.417. The first kappa shape index (κ1) is 14.8. The molecule has 1 saturated heterocycles. The molecule has 1 aliphatic heterocycles. The lowest BCUT2D eigenvalue weighted by atomic mass is 10.0. The summed E-state index contributed by atoms with van der Waals surface area (Å²) in [5.41, 5.74) is 0.332. The van der Waals surface area contributed by atoms with Crippen LogP contribution in [0.1, 0.15) is 16.8 Å². The number of halogens is 2. The average molecular weight is 322 g/mol. The second-order valence-corrected chi connectivity index (χ2v) is 7.59. The van der Waals surface area contributed by atoms with Gasteiger partial charge in [-0.3, -0.25) is 4.79 Å². The molecule has 104 valence electrons. The summed E-state index contributed by atoms with van der Waals surface area (Å²) in [4.78, 5) is 12.1.